The standard InChI is InChI=1S/C19H41ClO6Si/c1-27(2,3)26-19-18-25-17-16-24-15-14-23-13-12-22-11-10-21-9-7-5-4-6-8-20/h4-19H2,1-3H3. The Morgan fingerprint density at radius 1 is 0.481 bits per heavy atom. The quantitative estimate of drug-likeness (QED) is 0.149. The van der Waals surface area contributed by atoms with E-state index in [1.54, 1.807) is 0 Å². The minimum atomic E-state index is -1.42. The van der Waals surface area contributed by atoms with E-state index in [1.807, 2.05) is 0 Å². The van der Waals surface area contributed by atoms with Crippen LogP contribution in [0.5, 0.6) is 0 Å². The van der Waals surface area contributed by atoms with Crippen molar-refractivity contribution in [2.75, 3.05) is 78.6 Å². The fraction of sp³-hybridized carbons (Fsp3) is 1.00. The maximum absolute atomic E-state index is 5.70. The molecule has 8 heteroatoms. The summed E-state index contributed by atoms with van der Waals surface area (Å²) in [6, 6.07) is 0. The molecule has 0 spiro atoms. The molecule has 0 rings (SSSR count). The highest BCUT2D eigenvalue weighted by molar-refractivity contribution is 6.69. The van der Waals surface area contributed by atoms with Crippen LogP contribution in [-0.4, -0.2) is 86.9 Å². The lowest BCUT2D eigenvalue weighted by Crippen LogP contribution is -2.27. The van der Waals surface area contributed by atoms with Gasteiger partial charge in [-0.1, -0.05) is 12.8 Å². The van der Waals surface area contributed by atoms with Gasteiger partial charge in [0.05, 0.1) is 66.1 Å². The number of hydrogen-bond acceptors (Lipinski definition) is 6. The Balaban J connectivity index is 3.01. The molecule has 27 heavy (non-hydrogen) atoms. The van der Waals surface area contributed by atoms with Gasteiger partial charge in [-0.3, -0.25) is 0 Å². The van der Waals surface area contributed by atoms with Crippen LogP contribution < -0.4 is 0 Å². The normalized spacial score (nSPS) is 12.0. The number of alkyl halides is 1. The van der Waals surface area contributed by atoms with Crippen LogP contribution in [0, 0.1) is 0 Å². The second-order valence-corrected chi connectivity index (χ2v) is 12.0. The fourth-order valence-corrected chi connectivity index (χ4v) is 2.93. The Labute approximate surface area is 172 Å². The summed E-state index contributed by atoms with van der Waals surface area (Å²) in [5.74, 6) is 0.756. The highest BCUT2D eigenvalue weighted by Crippen LogP contribution is 2.02. The largest absolute Gasteiger partial charge is 0.415 e. The molecule has 0 bridgehead atoms. The van der Waals surface area contributed by atoms with E-state index >= 15 is 0 Å². The van der Waals surface area contributed by atoms with Gasteiger partial charge >= 0.3 is 0 Å². The predicted octanol–water partition coefficient (Wildman–Crippen LogP) is 3.72. The molecule has 0 heterocycles. The van der Waals surface area contributed by atoms with Gasteiger partial charge < -0.3 is 28.1 Å². The summed E-state index contributed by atoms with van der Waals surface area (Å²) in [7, 11) is -1.42. The zero-order chi connectivity index (χ0) is 20.1. The fourth-order valence-electron chi connectivity index (χ4n) is 2.04. The van der Waals surface area contributed by atoms with Crippen LogP contribution in [0.1, 0.15) is 25.7 Å². The molecule has 6 nitrogen and oxygen atoms in total. The average molecular weight is 429 g/mol. The number of unbranched alkanes of at least 4 members (excludes halogenated alkanes) is 3. The van der Waals surface area contributed by atoms with Crippen LogP contribution in [0.4, 0.5) is 0 Å². The molecule has 0 aliphatic heterocycles. The van der Waals surface area contributed by atoms with Gasteiger partial charge in [-0.2, -0.15) is 0 Å². The molecule has 0 saturated heterocycles. The molecule has 164 valence electrons. The smallest absolute Gasteiger partial charge is 0.183 e. The molecule has 0 aliphatic rings. The lowest BCUT2D eigenvalue weighted by Gasteiger charge is -2.16. The van der Waals surface area contributed by atoms with Crippen molar-refractivity contribution in [1.29, 1.82) is 0 Å². The van der Waals surface area contributed by atoms with Gasteiger partial charge in [0.1, 0.15) is 0 Å². The third kappa shape index (κ3) is 26.3. The zero-order valence-corrected chi connectivity index (χ0v) is 19.4. The molecule has 0 fully saturated rings. The van der Waals surface area contributed by atoms with Crippen LogP contribution in [-0.2, 0) is 28.1 Å². The summed E-state index contributed by atoms with van der Waals surface area (Å²) in [6.45, 7) is 13.3. The van der Waals surface area contributed by atoms with Crippen molar-refractivity contribution in [3.63, 3.8) is 0 Å². The van der Waals surface area contributed by atoms with E-state index in [1.165, 1.54) is 12.8 Å². The van der Waals surface area contributed by atoms with Crippen molar-refractivity contribution in [2.24, 2.45) is 0 Å². The molecule has 0 unspecified atom stereocenters. The van der Waals surface area contributed by atoms with Crippen LogP contribution >= 0.6 is 11.6 Å². The Bertz CT molecular complexity index is 292. The van der Waals surface area contributed by atoms with Crippen molar-refractivity contribution >= 4 is 19.9 Å². The lowest BCUT2D eigenvalue weighted by molar-refractivity contribution is -0.0130. The highest BCUT2D eigenvalue weighted by atomic mass is 35.5. The number of halogens is 1. The summed E-state index contributed by atoms with van der Waals surface area (Å²) >= 11 is 5.63. The summed E-state index contributed by atoms with van der Waals surface area (Å²) in [6.07, 6.45) is 4.56. The summed E-state index contributed by atoms with van der Waals surface area (Å²) in [5, 5.41) is 0. The van der Waals surface area contributed by atoms with Gasteiger partial charge in [0.25, 0.3) is 0 Å². The van der Waals surface area contributed by atoms with Crippen molar-refractivity contribution < 1.29 is 28.1 Å². The van der Waals surface area contributed by atoms with Crippen LogP contribution in [0.2, 0.25) is 19.6 Å². The van der Waals surface area contributed by atoms with E-state index in [-0.39, 0.29) is 0 Å². The van der Waals surface area contributed by atoms with Crippen LogP contribution in [0.3, 0.4) is 0 Å². The van der Waals surface area contributed by atoms with Crippen LogP contribution in [0.15, 0.2) is 0 Å². The molecule has 0 saturated carbocycles. The first-order valence-electron chi connectivity index (χ1n) is 10.1. The van der Waals surface area contributed by atoms with E-state index in [0.717, 1.165) is 25.3 Å². The molecule has 0 radical (unpaired) electrons. The number of ether oxygens (including phenoxy) is 5. The Morgan fingerprint density at radius 3 is 1.26 bits per heavy atom. The monoisotopic (exact) mass is 428 g/mol. The van der Waals surface area contributed by atoms with Gasteiger partial charge in [0, 0.05) is 12.5 Å². The van der Waals surface area contributed by atoms with Crippen molar-refractivity contribution in [2.45, 2.75) is 45.3 Å². The first-order valence-corrected chi connectivity index (χ1v) is 14.1. The van der Waals surface area contributed by atoms with Gasteiger partial charge in [0.2, 0.25) is 0 Å². The summed E-state index contributed by atoms with van der Waals surface area (Å²) < 4.78 is 33.0. The van der Waals surface area contributed by atoms with Gasteiger partial charge in [0.15, 0.2) is 8.32 Å². The maximum atomic E-state index is 5.70. The molecule has 0 aromatic carbocycles. The minimum absolute atomic E-state index is 0.570. The van der Waals surface area contributed by atoms with Crippen molar-refractivity contribution in [1.82, 2.24) is 0 Å². The Morgan fingerprint density at radius 2 is 0.852 bits per heavy atom. The van der Waals surface area contributed by atoms with E-state index in [0.29, 0.717) is 66.1 Å². The predicted molar refractivity (Wildman–Crippen MR) is 113 cm³/mol. The Hall–Kier alpha value is 0.267. The van der Waals surface area contributed by atoms with Gasteiger partial charge in [-0.15, -0.1) is 11.6 Å². The van der Waals surface area contributed by atoms with E-state index in [4.69, 9.17) is 39.7 Å². The van der Waals surface area contributed by atoms with E-state index in [2.05, 4.69) is 19.6 Å². The highest BCUT2D eigenvalue weighted by Gasteiger charge is 2.12. The second-order valence-electron chi connectivity index (χ2n) is 7.13. The zero-order valence-electron chi connectivity index (χ0n) is 17.6. The molecule has 0 aliphatic carbocycles. The van der Waals surface area contributed by atoms with E-state index in [9.17, 15) is 0 Å². The summed E-state index contributed by atoms with van der Waals surface area (Å²) in [4.78, 5) is 0. The maximum Gasteiger partial charge on any atom is 0.183 e. The van der Waals surface area contributed by atoms with E-state index < -0.39 is 8.32 Å². The molecule has 0 aromatic heterocycles. The first kappa shape index (κ1) is 27.3. The molecule has 0 amide bonds. The average Bonchev–Trinajstić information content (AvgIpc) is 2.62. The molecule has 0 aromatic rings. The molecular weight excluding hydrogens is 388 g/mol. The SMILES string of the molecule is C[Si](C)(C)OCCOCCOCCOCCOCCOCCCCCCCl. The van der Waals surface area contributed by atoms with Crippen molar-refractivity contribution in [3.05, 3.63) is 0 Å². The first-order chi connectivity index (χ1) is 13.1. The molecule has 0 atom stereocenters. The van der Waals surface area contributed by atoms with Gasteiger partial charge in [-0.25, -0.2) is 0 Å². The lowest BCUT2D eigenvalue weighted by atomic mass is 10.2. The second kappa shape index (κ2) is 21.0. The van der Waals surface area contributed by atoms with Crippen LogP contribution in [0.25, 0.3) is 0 Å². The minimum Gasteiger partial charge on any atom is -0.415 e. The third-order valence-electron chi connectivity index (χ3n) is 3.42. The summed E-state index contributed by atoms with van der Waals surface area (Å²) in [5.41, 5.74) is 0. The van der Waals surface area contributed by atoms with Gasteiger partial charge in [-0.05, 0) is 32.5 Å². The topological polar surface area (TPSA) is 55.4 Å². The molecular formula is C19H41ClO6Si. The Kier molecular flexibility index (Phi) is 21.2. The third-order valence-corrected chi connectivity index (χ3v) is 4.76. The van der Waals surface area contributed by atoms with Crippen molar-refractivity contribution in [3.8, 4) is 0 Å². The molecule has 0 N–H and O–H groups in total. The number of rotatable bonds is 22. The number of hydrogen-bond donors (Lipinski definition) is 0.